The summed E-state index contributed by atoms with van der Waals surface area (Å²) in [6.45, 7) is 9.61. The smallest absolute Gasteiger partial charge is 0.244 e. The van der Waals surface area contributed by atoms with Crippen LogP contribution in [0, 0.1) is 11.3 Å². The molecule has 40 heavy (non-hydrogen) atoms. The Morgan fingerprint density at radius 1 is 1.02 bits per heavy atom. The fourth-order valence-electron chi connectivity index (χ4n) is 5.15. The van der Waals surface area contributed by atoms with Gasteiger partial charge in [0.05, 0.1) is 16.5 Å². The lowest BCUT2D eigenvalue weighted by molar-refractivity contribution is -0.125. The second-order valence-electron chi connectivity index (χ2n) is 10.4. The van der Waals surface area contributed by atoms with Crippen molar-refractivity contribution in [3.05, 3.63) is 89.5 Å². The van der Waals surface area contributed by atoms with E-state index >= 15 is 0 Å². The minimum atomic E-state index is -4.03. The molecule has 1 amide bonds. The summed E-state index contributed by atoms with van der Waals surface area (Å²) in [7, 11) is -4.03. The average Bonchev–Trinajstić information content (AvgIpc) is 2.94. The molecule has 0 radical (unpaired) electrons. The van der Waals surface area contributed by atoms with Gasteiger partial charge in [0.15, 0.2) is 0 Å². The predicted molar refractivity (Wildman–Crippen MR) is 154 cm³/mol. The Balaban J connectivity index is 1.65. The highest BCUT2D eigenvalue weighted by Crippen LogP contribution is 2.37. The van der Waals surface area contributed by atoms with Gasteiger partial charge in [-0.25, -0.2) is 8.42 Å². The molecule has 3 aromatic carbocycles. The lowest BCUT2D eigenvalue weighted by Crippen LogP contribution is -2.49. The molecule has 4 rings (SSSR count). The molecule has 0 saturated carbocycles. The molecule has 1 aliphatic rings. The van der Waals surface area contributed by atoms with E-state index < -0.39 is 16.1 Å². The number of hydrogen-bond acceptors (Lipinski definition) is 6. The quantitative estimate of drug-likeness (QED) is 0.379. The zero-order valence-electron chi connectivity index (χ0n) is 23.4. The van der Waals surface area contributed by atoms with E-state index in [1.165, 1.54) is 28.6 Å². The number of nitriles is 1. The maximum atomic E-state index is 13.8. The van der Waals surface area contributed by atoms with Gasteiger partial charge >= 0.3 is 0 Å². The molecular formula is C31H36N4O4S. The number of hydrogen-bond donors (Lipinski definition) is 1. The van der Waals surface area contributed by atoms with E-state index in [2.05, 4.69) is 37.9 Å². The van der Waals surface area contributed by atoms with Gasteiger partial charge in [0.25, 0.3) is 0 Å². The van der Waals surface area contributed by atoms with E-state index in [0.29, 0.717) is 54.2 Å². The molecule has 9 heteroatoms. The highest BCUT2D eigenvalue weighted by molar-refractivity contribution is 7.89. The van der Waals surface area contributed by atoms with Crippen LogP contribution < -0.4 is 10.1 Å². The van der Waals surface area contributed by atoms with Gasteiger partial charge < -0.3 is 10.1 Å². The average molecular weight is 561 g/mol. The Morgan fingerprint density at radius 3 is 2.33 bits per heavy atom. The maximum Gasteiger partial charge on any atom is 0.244 e. The third-order valence-corrected chi connectivity index (χ3v) is 8.99. The van der Waals surface area contributed by atoms with Crippen LogP contribution in [-0.4, -0.2) is 55.2 Å². The standard InChI is InChI=1S/C31H36N4O4S/c1-22(2)34(23(3)4)19-17-33-31(36)30-29-15-12-27(39-26-8-6-5-7-9-26)20-25(29)16-18-35(30)40(37,38)28-13-10-24(21-32)11-14-28/h5-15,20,22-23,30H,16-19H2,1-4H3,(H,33,36). The van der Waals surface area contributed by atoms with Gasteiger partial charge in [-0.15, -0.1) is 0 Å². The third-order valence-electron chi connectivity index (χ3n) is 7.11. The van der Waals surface area contributed by atoms with Crippen LogP contribution in [0.3, 0.4) is 0 Å². The molecule has 3 aromatic rings. The van der Waals surface area contributed by atoms with Crippen molar-refractivity contribution in [1.82, 2.24) is 14.5 Å². The molecule has 0 bridgehead atoms. The van der Waals surface area contributed by atoms with E-state index in [1.807, 2.05) is 42.5 Å². The molecule has 0 aromatic heterocycles. The Labute approximate surface area is 237 Å². The third kappa shape index (κ3) is 6.53. The van der Waals surface area contributed by atoms with Gasteiger partial charge in [0.1, 0.15) is 17.5 Å². The van der Waals surface area contributed by atoms with Crippen LogP contribution in [-0.2, 0) is 21.2 Å². The first kappa shape index (κ1) is 29.3. The number of fused-ring (bicyclic) bond motifs is 1. The molecule has 0 fully saturated rings. The summed E-state index contributed by atoms with van der Waals surface area (Å²) < 4.78 is 34.9. The van der Waals surface area contributed by atoms with Gasteiger partial charge in [-0.2, -0.15) is 9.57 Å². The number of carbonyl (C=O) groups is 1. The highest BCUT2D eigenvalue weighted by atomic mass is 32.2. The van der Waals surface area contributed by atoms with Crippen LogP contribution in [0.25, 0.3) is 0 Å². The SMILES string of the molecule is CC(C)N(CCNC(=O)C1c2ccc(Oc3ccccc3)cc2CCN1S(=O)(=O)c1ccc(C#N)cc1)C(C)C. The van der Waals surface area contributed by atoms with E-state index in [0.717, 1.165) is 5.56 Å². The van der Waals surface area contributed by atoms with Crippen molar-refractivity contribution in [2.75, 3.05) is 19.6 Å². The van der Waals surface area contributed by atoms with Crippen molar-refractivity contribution in [2.24, 2.45) is 0 Å². The number of nitrogens with zero attached hydrogens (tertiary/aromatic N) is 3. The summed E-state index contributed by atoms with van der Waals surface area (Å²) in [6.07, 6.45) is 0.426. The minimum absolute atomic E-state index is 0.0440. The Hall–Kier alpha value is -3.71. The molecule has 0 aliphatic carbocycles. The number of rotatable bonds is 10. The van der Waals surface area contributed by atoms with Crippen LogP contribution in [0.15, 0.2) is 77.7 Å². The number of ether oxygens (including phenoxy) is 1. The van der Waals surface area contributed by atoms with E-state index in [9.17, 15) is 13.2 Å². The predicted octanol–water partition coefficient (Wildman–Crippen LogP) is 4.87. The van der Waals surface area contributed by atoms with Crippen molar-refractivity contribution < 1.29 is 17.9 Å². The number of carbonyl (C=O) groups excluding carboxylic acids is 1. The number of amides is 1. The van der Waals surface area contributed by atoms with Gasteiger partial charge in [0.2, 0.25) is 15.9 Å². The molecule has 0 spiro atoms. The van der Waals surface area contributed by atoms with Crippen LogP contribution in [0.5, 0.6) is 11.5 Å². The first-order valence-electron chi connectivity index (χ1n) is 13.5. The second kappa shape index (κ2) is 12.6. The summed E-state index contributed by atoms with van der Waals surface area (Å²) in [5.74, 6) is 0.941. The van der Waals surface area contributed by atoms with Crippen LogP contribution in [0.2, 0.25) is 0 Å². The zero-order chi connectivity index (χ0) is 28.9. The first-order valence-corrected chi connectivity index (χ1v) is 15.0. The summed E-state index contributed by atoms with van der Waals surface area (Å²) >= 11 is 0. The summed E-state index contributed by atoms with van der Waals surface area (Å²) in [4.78, 5) is 16.1. The molecule has 1 heterocycles. The van der Waals surface area contributed by atoms with E-state index in [4.69, 9.17) is 10.00 Å². The van der Waals surface area contributed by atoms with Crippen molar-refractivity contribution in [3.8, 4) is 17.6 Å². The molecule has 1 atom stereocenters. The van der Waals surface area contributed by atoms with E-state index in [1.54, 1.807) is 12.1 Å². The number of nitrogens with one attached hydrogen (secondary N) is 1. The molecule has 1 aliphatic heterocycles. The monoisotopic (exact) mass is 560 g/mol. The molecule has 210 valence electrons. The highest BCUT2D eigenvalue weighted by Gasteiger charge is 2.40. The molecular weight excluding hydrogens is 524 g/mol. The van der Waals surface area contributed by atoms with Crippen molar-refractivity contribution in [2.45, 2.75) is 57.1 Å². The lowest BCUT2D eigenvalue weighted by Gasteiger charge is -2.36. The molecule has 0 saturated heterocycles. The first-order chi connectivity index (χ1) is 19.1. The maximum absolute atomic E-state index is 13.8. The topological polar surface area (TPSA) is 103 Å². The normalized spacial score (nSPS) is 15.6. The number of benzene rings is 3. The van der Waals surface area contributed by atoms with Crippen LogP contribution in [0.1, 0.15) is 50.4 Å². The zero-order valence-corrected chi connectivity index (χ0v) is 24.2. The van der Waals surface area contributed by atoms with Gasteiger partial charge in [-0.3, -0.25) is 9.69 Å². The van der Waals surface area contributed by atoms with Gasteiger partial charge in [-0.05, 0) is 93.8 Å². The van der Waals surface area contributed by atoms with E-state index in [-0.39, 0.29) is 17.3 Å². The largest absolute Gasteiger partial charge is 0.457 e. The van der Waals surface area contributed by atoms with Gasteiger partial charge in [-0.1, -0.05) is 24.3 Å². The molecule has 1 N–H and O–H groups in total. The van der Waals surface area contributed by atoms with Crippen molar-refractivity contribution in [1.29, 1.82) is 5.26 Å². The minimum Gasteiger partial charge on any atom is -0.457 e. The van der Waals surface area contributed by atoms with Gasteiger partial charge in [0, 0.05) is 31.7 Å². The molecule has 8 nitrogen and oxygen atoms in total. The molecule has 1 unspecified atom stereocenters. The number of sulfonamides is 1. The van der Waals surface area contributed by atoms with Crippen LogP contribution >= 0.6 is 0 Å². The summed E-state index contributed by atoms with van der Waals surface area (Å²) in [6, 6.07) is 22.2. The van der Waals surface area contributed by atoms with Crippen molar-refractivity contribution >= 4 is 15.9 Å². The lowest BCUT2D eigenvalue weighted by atomic mass is 9.93. The Kier molecular flexibility index (Phi) is 9.25. The fraction of sp³-hybridized carbons (Fsp3) is 0.355. The second-order valence-corrected chi connectivity index (χ2v) is 12.3. The summed E-state index contributed by atoms with van der Waals surface area (Å²) in [5.41, 5.74) is 1.86. The van der Waals surface area contributed by atoms with Crippen LogP contribution in [0.4, 0.5) is 0 Å². The summed E-state index contributed by atoms with van der Waals surface area (Å²) in [5, 5.41) is 12.1. The number of para-hydroxylation sites is 1. The Bertz CT molecular complexity index is 1460. The van der Waals surface area contributed by atoms with Crippen molar-refractivity contribution in [3.63, 3.8) is 0 Å². The Morgan fingerprint density at radius 2 is 1.70 bits per heavy atom. The fourth-order valence-corrected chi connectivity index (χ4v) is 6.72.